The summed E-state index contributed by atoms with van der Waals surface area (Å²) in [7, 11) is 0. The fraction of sp³-hybridized carbons (Fsp3) is 0.250. The maximum atomic E-state index is 13.2. The number of rotatable bonds is 1. The lowest BCUT2D eigenvalue weighted by molar-refractivity contribution is 0.131. The molecule has 0 aliphatic carbocycles. The van der Waals surface area contributed by atoms with Gasteiger partial charge in [-0.05, 0) is 45.0 Å². The first kappa shape index (κ1) is 12.8. The van der Waals surface area contributed by atoms with Crippen molar-refractivity contribution in [1.29, 1.82) is 0 Å². The van der Waals surface area contributed by atoms with Gasteiger partial charge in [0.15, 0.2) is 0 Å². The van der Waals surface area contributed by atoms with Crippen LogP contribution >= 0.6 is 0 Å². The monoisotopic (exact) mass is 270 g/mol. The Hall–Kier alpha value is -2.23. The highest BCUT2D eigenvalue weighted by Gasteiger charge is 2.12. The van der Waals surface area contributed by atoms with Crippen LogP contribution in [0, 0.1) is 5.82 Å². The summed E-state index contributed by atoms with van der Waals surface area (Å²) in [4.78, 5) is 8.92. The number of fused-ring (bicyclic) bond motifs is 2. The van der Waals surface area contributed by atoms with E-state index in [9.17, 15) is 4.39 Å². The second-order valence-electron chi connectivity index (χ2n) is 5.72. The van der Waals surface area contributed by atoms with Crippen LogP contribution in [-0.2, 0) is 0 Å². The van der Waals surface area contributed by atoms with E-state index >= 15 is 0 Å². The molecule has 0 saturated heterocycles. The molecule has 0 aliphatic heterocycles. The average molecular weight is 270 g/mol. The molecule has 0 saturated carbocycles. The Morgan fingerprint density at radius 2 is 1.45 bits per heavy atom. The highest BCUT2D eigenvalue weighted by Crippen LogP contribution is 2.24. The van der Waals surface area contributed by atoms with Crippen LogP contribution in [0.15, 0.2) is 36.4 Å². The minimum Gasteiger partial charge on any atom is -0.488 e. The van der Waals surface area contributed by atoms with Gasteiger partial charge >= 0.3 is 0 Å². The van der Waals surface area contributed by atoms with Crippen LogP contribution in [-0.4, -0.2) is 15.6 Å². The van der Waals surface area contributed by atoms with Crippen LogP contribution in [0.2, 0.25) is 0 Å². The molecule has 0 atom stereocenters. The molecule has 0 N–H and O–H groups in total. The Morgan fingerprint density at radius 3 is 2.10 bits per heavy atom. The molecule has 3 nitrogen and oxygen atoms in total. The minimum atomic E-state index is -0.307. The van der Waals surface area contributed by atoms with Crippen molar-refractivity contribution in [3.05, 3.63) is 42.2 Å². The molecule has 3 aromatic rings. The Morgan fingerprint density at radius 1 is 0.850 bits per heavy atom. The maximum Gasteiger partial charge on any atom is 0.125 e. The van der Waals surface area contributed by atoms with Gasteiger partial charge in [-0.15, -0.1) is 0 Å². The predicted molar refractivity (Wildman–Crippen MR) is 77.4 cm³/mol. The number of hydrogen-bond acceptors (Lipinski definition) is 3. The highest BCUT2D eigenvalue weighted by atomic mass is 19.1. The lowest BCUT2D eigenvalue weighted by Crippen LogP contribution is -2.22. The van der Waals surface area contributed by atoms with Gasteiger partial charge in [-0.2, -0.15) is 0 Å². The fourth-order valence-corrected chi connectivity index (χ4v) is 2.04. The lowest BCUT2D eigenvalue weighted by Gasteiger charge is -2.21. The normalized spacial score (nSPS) is 12.0. The first-order chi connectivity index (χ1) is 9.40. The number of benzene rings is 2. The molecule has 3 rings (SSSR count). The molecule has 0 bridgehead atoms. The smallest absolute Gasteiger partial charge is 0.125 e. The van der Waals surface area contributed by atoms with E-state index in [1.54, 1.807) is 6.07 Å². The zero-order valence-electron chi connectivity index (χ0n) is 11.6. The van der Waals surface area contributed by atoms with E-state index in [4.69, 9.17) is 4.74 Å². The summed E-state index contributed by atoms with van der Waals surface area (Å²) in [6.07, 6.45) is 0. The summed E-state index contributed by atoms with van der Waals surface area (Å²) < 4.78 is 19.0. The summed E-state index contributed by atoms with van der Waals surface area (Å²) in [6, 6.07) is 9.96. The summed E-state index contributed by atoms with van der Waals surface area (Å²) in [6.45, 7) is 5.98. The van der Waals surface area contributed by atoms with Gasteiger partial charge in [0.1, 0.15) is 17.2 Å². The van der Waals surface area contributed by atoms with Crippen molar-refractivity contribution in [2.45, 2.75) is 26.4 Å². The molecule has 2 aromatic carbocycles. The van der Waals surface area contributed by atoms with Crippen molar-refractivity contribution < 1.29 is 9.13 Å². The van der Waals surface area contributed by atoms with E-state index in [0.29, 0.717) is 11.0 Å². The number of hydrogen-bond donors (Lipinski definition) is 0. The van der Waals surface area contributed by atoms with E-state index < -0.39 is 0 Å². The van der Waals surface area contributed by atoms with Crippen LogP contribution < -0.4 is 4.74 Å². The van der Waals surface area contributed by atoms with Crippen LogP contribution in [0.5, 0.6) is 5.75 Å². The Labute approximate surface area is 116 Å². The average Bonchev–Trinajstić information content (AvgIpc) is 2.34. The molecule has 102 valence electrons. The van der Waals surface area contributed by atoms with Gasteiger partial charge in [0.25, 0.3) is 0 Å². The summed E-state index contributed by atoms with van der Waals surface area (Å²) >= 11 is 0. The van der Waals surface area contributed by atoms with E-state index in [2.05, 4.69) is 9.97 Å². The summed E-state index contributed by atoms with van der Waals surface area (Å²) in [5.41, 5.74) is 2.44. The molecule has 0 unspecified atom stereocenters. The molecular weight excluding hydrogens is 255 g/mol. The SMILES string of the molecule is CC(C)(C)Oc1ccc2nc3cc(F)ccc3nc2c1. The zero-order valence-corrected chi connectivity index (χ0v) is 11.6. The van der Waals surface area contributed by atoms with Crippen molar-refractivity contribution in [2.75, 3.05) is 0 Å². The van der Waals surface area contributed by atoms with Gasteiger partial charge in [-0.1, -0.05) is 0 Å². The molecule has 1 heterocycles. The van der Waals surface area contributed by atoms with Gasteiger partial charge in [0.2, 0.25) is 0 Å². The molecule has 0 radical (unpaired) electrons. The first-order valence-electron chi connectivity index (χ1n) is 6.47. The predicted octanol–water partition coefficient (Wildman–Crippen LogP) is 4.10. The minimum absolute atomic E-state index is 0.263. The maximum absolute atomic E-state index is 13.2. The lowest BCUT2D eigenvalue weighted by atomic mass is 10.2. The number of nitrogens with zero attached hydrogens (tertiary/aromatic N) is 2. The molecule has 0 spiro atoms. The second-order valence-corrected chi connectivity index (χ2v) is 5.72. The van der Waals surface area contributed by atoms with Gasteiger partial charge in [-0.25, -0.2) is 14.4 Å². The van der Waals surface area contributed by atoms with E-state index in [1.165, 1.54) is 12.1 Å². The highest BCUT2D eigenvalue weighted by molar-refractivity contribution is 5.86. The molecular formula is C16H15FN2O. The standard InChI is InChI=1S/C16H15FN2O/c1-16(2,3)20-11-5-7-13-15(9-11)19-12-6-4-10(17)8-14(12)18-13/h4-9H,1-3H3. The first-order valence-corrected chi connectivity index (χ1v) is 6.47. The fourth-order valence-electron chi connectivity index (χ4n) is 2.04. The van der Waals surface area contributed by atoms with Gasteiger partial charge < -0.3 is 4.74 Å². The van der Waals surface area contributed by atoms with Gasteiger partial charge in [-0.3, -0.25) is 0 Å². The summed E-state index contributed by atoms with van der Waals surface area (Å²) in [5, 5.41) is 0. The second kappa shape index (κ2) is 4.40. The Kier molecular flexibility index (Phi) is 2.82. The van der Waals surface area contributed by atoms with Crippen molar-refractivity contribution >= 4 is 22.1 Å². The van der Waals surface area contributed by atoms with Crippen molar-refractivity contribution in [3.63, 3.8) is 0 Å². The van der Waals surface area contributed by atoms with Crippen LogP contribution in [0.3, 0.4) is 0 Å². The van der Waals surface area contributed by atoms with E-state index in [0.717, 1.165) is 16.8 Å². The topological polar surface area (TPSA) is 35.0 Å². The molecule has 20 heavy (non-hydrogen) atoms. The Bertz CT molecular complexity index is 793. The van der Waals surface area contributed by atoms with Crippen molar-refractivity contribution in [3.8, 4) is 5.75 Å². The third-order valence-electron chi connectivity index (χ3n) is 2.79. The third-order valence-corrected chi connectivity index (χ3v) is 2.79. The van der Waals surface area contributed by atoms with Crippen LogP contribution in [0.4, 0.5) is 4.39 Å². The van der Waals surface area contributed by atoms with Crippen LogP contribution in [0.25, 0.3) is 22.1 Å². The number of aromatic nitrogens is 2. The third kappa shape index (κ3) is 2.54. The molecule has 0 aliphatic rings. The molecule has 0 amide bonds. The van der Waals surface area contributed by atoms with Crippen molar-refractivity contribution in [2.24, 2.45) is 0 Å². The van der Waals surface area contributed by atoms with Gasteiger partial charge in [0, 0.05) is 12.1 Å². The Balaban J connectivity index is 2.14. The van der Waals surface area contributed by atoms with Gasteiger partial charge in [0.05, 0.1) is 22.1 Å². The van der Waals surface area contributed by atoms with E-state index in [1.807, 2.05) is 39.0 Å². The van der Waals surface area contributed by atoms with Crippen molar-refractivity contribution in [1.82, 2.24) is 9.97 Å². The largest absolute Gasteiger partial charge is 0.488 e. The molecule has 1 aromatic heterocycles. The summed E-state index contributed by atoms with van der Waals surface area (Å²) in [5.74, 6) is 0.444. The number of ether oxygens (including phenoxy) is 1. The van der Waals surface area contributed by atoms with Crippen LogP contribution in [0.1, 0.15) is 20.8 Å². The molecule has 4 heteroatoms. The number of halogens is 1. The quantitative estimate of drug-likeness (QED) is 0.624. The zero-order chi connectivity index (χ0) is 14.3. The molecule has 0 fully saturated rings. The van der Waals surface area contributed by atoms with E-state index in [-0.39, 0.29) is 11.4 Å².